The standard InChI is InChI=1S/C12H14N4O4S/c1-8(12(17)18)21(19,20)15-10-6-4-3-5-9(10)11-14-13-7-16(11)2/h3-8,15H,1-2H3,(H,17,18). The van der Waals surface area contributed by atoms with E-state index >= 15 is 0 Å². The van der Waals surface area contributed by atoms with Crippen molar-refractivity contribution < 1.29 is 18.3 Å². The predicted molar refractivity (Wildman–Crippen MR) is 76.1 cm³/mol. The Morgan fingerprint density at radius 2 is 2.05 bits per heavy atom. The van der Waals surface area contributed by atoms with Crippen molar-refractivity contribution in [2.45, 2.75) is 12.2 Å². The van der Waals surface area contributed by atoms with E-state index in [1.807, 2.05) is 0 Å². The van der Waals surface area contributed by atoms with Crippen LogP contribution < -0.4 is 4.72 Å². The number of carboxylic acids is 1. The molecule has 1 unspecified atom stereocenters. The molecule has 8 nitrogen and oxygen atoms in total. The summed E-state index contributed by atoms with van der Waals surface area (Å²) in [5.41, 5.74) is 0.764. The van der Waals surface area contributed by atoms with Crippen LogP contribution in [0.25, 0.3) is 11.4 Å². The Morgan fingerprint density at radius 3 is 2.62 bits per heavy atom. The van der Waals surface area contributed by atoms with Gasteiger partial charge in [0.15, 0.2) is 11.1 Å². The van der Waals surface area contributed by atoms with Gasteiger partial charge < -0.3 is 9.67 Å². The lowest BCUT2D eigenvalue weighted by Gasteiger charge is -2.14. The van der Waals surface area contributed by atoms with Crippen LogP contribution in [0.5, 0.6) is 0 Å². The van der Waals surface area contributed by atoms with E-state index < -0.39 is 21.2 Å². The lowest BCUT2D eigenvalue weighted by Crippen LogP contribution is -2.32. The molecule has 0 aliphatic rings. The molecule has 2 aromatic rings. The summed E-state index contributed by atoms with van der Waals surface area (Å²) in [7, 11) is -2.32. The molecule has 0 radical (unpaired) electrons. The van der Waals surface area contributed by atoms with Gasteiger partial charge in [-0.25, -0.2) is 8.42 Å². The number of hydrogen-bond donors (Lipinski definition) is 2. The highest BCUT2D eigenvalue weighted by molar-refractivity contribution is 7.94. The van der Waals surface area contributed by atoms with Gasteiger partial charge in [-0.3, -0.25) is 9.52 Å². The number of sulfonamides is 1. The number of aliphatic carboxylic acids is 1. The Hall–Kier alpha value is -2.42. The van der Waals surface area contributed by atoms with Crippen LogP contribution in [0.15, 0.2) is 30.6 Å². The highest BCUT2D eigenvalue weighted by atomic mass is 32.2. The van der Waals surface area contributed by atoms with E-state index in [-0.39, 0.29) is 5.69 Å². The van der Waals surface area contributed by atoms with Gasteiger partial charge in [-0.1, -0.05) is 12.1 Å². The minimum Gasteiger partial charge on any atom is -0.480 e. The molecule has 1 atom stereocenters. The molecule has 1 aromatic heterocycles. The Labute approximate surface area is 121 Å². The van der Waals surface area contributed by atoms with E-state index in [4.69, 9.17) is 5.11 Å². The van der Waals surface area contributed by atoms with Gasteiger partial charge in [0, 0.05) is 12.6 Å². The number of benzene rings is 1. The van der Waals surface area contributed by atoms with Crippen molar-refractivity contribution in [3.63, 3.8) is 0 Å². The first kappa shape index (κ1) is 15.0. The number of hydrogen-bond acceptors (Lipinski definition) is 5. The molecule has 0 aliphatic heterocycles. The molecule has 0 bridgehead atoms. The molecule has 9 heteroatoms. The summed E-state index contributed by atoms with van der Waals surface area (Å²) in [5.74, 6) is -0.949. The van der Waals surface area contributed by atoms with E-state index in [0.29, 0.717) is 11.4 Å². The maximum absolute atomic E-state index is 12.0. The molecular weight excluding hydrogens is 296 g/mol. The third kappa shape index (κ3) is 3.02. The van der Waals surface area contributed by atoms with Gasteiger partial charge in [-0.05, 0) is 19.1 Å². The smallest absolute Gasteiger partial charge is 0.323 e. The molecule has 112 valence electrons. The minimum atomic E-state index is -4.05. The van der Waals surface area contributed by atoms with Crippen LogP contribution in [0.4, 0.5) is 5.69 Å². The molecule has 2 rings (SSSR count). The van der Waals surface area contributed by atoms with E-state index in [2.05, 4.69) is 14.9 Å². The van der Waals surface area contributed by atoms with Gasteiger partial charge in [0.25, 0.3) is 0 Å². The van der Waals surface area contributed by atoms with Crippen molar-refractivity contribution in [2.24, 2.45) is 7.05 Å². The third-order valence-corrected chi connectivity index (χ3v) is 4.58. The van der Waals surface area contributed by atoms with Crippen molar-refractivity contribution in [2.75, 3.05) is 4.72 Å². The maximum atomic E-state index is 12.0. The maximum Gasteiger partial charge on any atom is 0.323 e. The molecule has 2 N–H and O–H groups in total. The van der Waals surface area contributed by atoms with Crippen LogP contribution in [0.3, 0.4) is 0 Å². The second-order valence-electron chi connectivity index (χ2n) is 4.44. The first-order valence-electron chi connectivity index (χ1n) is 6.01. The van der Waals surface area contributed by atoms with Crippen molar-refractivity contribution in [1.82, 2.24) is 14.8 Å². The van der Waals surface area contributed by atoms with Crippen LogP contribution in [0.2, 0.25) is 0 Å². The first-order chi connectivity index (χ1) is 9.83. The van der Waals surface area contributed by atoms with Crippen LogP contribution in [-0.2, 0) is 21.9 Å². The van der Waals surface area contributed by atoms with Crippen LogP contribution in [-0.4, -0.2) is 39.5 Å². The molecule has 1 heterocycles. The average molecular weight is 310 g/mol. The number of aryl methyl sites for hydroxylation is 1. The van der Waals surface area contributed by atoms with Crippen LogP contribution in [0.1, 0.15) is 6.92 Å². The molecule has 0 saturated heterocycles. The predicted octanol–water partition coefficient (Wildman–Crippen LogP) is 0.697. The molecule has 0 spiro atoms. The molecule has 0 fully saturated rings. The Morgan fingerprint density at radius 1 is 1.38 bits per heavy atom. The Bertz CT molecular complexity index is 769. The fraction of sp³-hybridized carbons (Fsp3) is 0.250. The van der Waals surface area contributed by atoms with Gasteiger partial charge >= 0.3 is 5.97 Å². The molecule has 0 aliphatic carbocycles. The number of nitrogens with one attached hydrogen (secondary N) is 1. The highest BCUT2D eigenvalue weighted by Gasteiger charge is 2.28. The Balaban J connectivity index is 2.43. The monoisotopic (exact) mass is 310 g/mol. The zero-order chi connectivity index (χ0) is 15.6. The Kier molecular flexibility index (Phi) is 3.94. The number of carbonyl (C=O) groups is 1. The minimum absolute atomic E-state index is 0.252. The molecular formula is C12H14N4O4S. The van der Waals surface area contributed by atoms with Crippen molar-refractivity contribution in [1.29, 1.82) is 0 Å². The summed E-state index contributed by atoms with van der Waals surface area (Å²) in [6.45, 7) is 1.11. The van der Waals surface area contributed by atoms with Gasteiger partial charge in [-0.15, -0.1) is 10.2 Å². The second kappa shape index (κ2) is 5.52. The average Bonchev–Trinajstić information content (AvgIpc) is 2.84. The largest absolute Gasteiger partial charge is 0.480 e. The summed E-state index contributed by atoms with van der Waals surface area (Å²) in [6.07, 6.45) is 1.49. The van der Waals surface area contributed by atoms with Gasteiger partial charge in [-0.2, -0.15) is 0 Å². The lowest BCUT2D eigenvalue weighted by atomic mass is 10.2. The number of aromatic nitrogens is 3. The number of anilines is 1. The second-order valence-corrected chi connectivity index (χ2v) is 6.44. The van der Waals surface area contributed by atoms with Crippen molar-refractivity contribution in [3.05, 3.63) is 30.6 Å². The first-order valence-corrected chi connectivity index (χ1v) is 7.55. The summed E-state index contributed by atoms with van der Waals surface area (Å²) in [6, 6.07) is 6.58. The van der Waals surface area contributed by atoms with E-state index in [1.54, 1.807) is 29.8 Å². The number of para-hydroxylation sites is 1. The highest BCUT2D eigenvalue weighted by Crippen LogP contribution is 2.27. The van der Waals surface area contributed by atoms with Gasteiger partial charge in [0.05, 0.1) is 5.69 Å². The molecule has 0 amide bonds. The lowest BCUT2D eigenvalue weighted by molar-refractivity contribution is -0.136. The van der Waals surface area contributed by atoms with E-state index in [1.165, 1.54) is 12.4 Å². The summed E-state index contributed by atoms with van der Waals surface area (Å²) in [4.78, 5) is 10.9. The zero-order valence-electron chi connectivity index (χ0n) is 11.4. The van der Waals surface area contributed by atoms with Crippen molar-refractivity contribution in [3.8, 4) is 11.4 Å². The van der Waals surface area contributed by atoms with Gasteiger partial charge in [0.2, 0.25) is 10.0 Å². The van der Waals surface area contributed by atoms with E-state index in [0.717, 1.165) is 6.92 Å². The summed E-state index contributed by atoms with van der Waals surface area (Å²) < 4.78 is 28.0. The number of nitrogens with zero attached hydrogens (tertiary/aromatic N) is 3. The third-order valence-electron chi connectivity index (χ3n) is 2.94. The van der Waals surface area contributed by atoms with Gasteiger partial charge in [0.1, 0.15) is 6.33 Å². The number of carboxylic acid groups (broad SMARTS) is 1. The summed E-state index contributed by atoms with van der Waals surface area (Å²) >= 11 is 0. The van der Waals surface area contributed by atoms with Crippen LogP contribution in [0, 0.1) is 0 Å². The van der Waals surface area contributed by atoms with Crippen LogP contribution >= 0.6 is 0 Å². The molecule has 1 aromatic carbocycles. The number of rotatable bonds is 5. The van der Waals surface area contributed by atoms with Crippen molar-refractivity contribution >= 4 is 21.7 Å². The normalized spacial score (nSPS) is 12.9. The zero-order valence-corrected chi connectivity index (χ0v) is 12.2. The SMILES string of the molecule is CC(C(=O)O)S(=O)(=O)Nc1ccccc1-c1nncn1C. The fourth-order valence-corrected chi connectivity index (χ4v) is 2.60. The molecule has 21 heavy (non-hydrogen) atoms. The molecule has 0 saturated carbocycles. The fourth-order valence-electron chi connectivity index (χ4n) is 1.67. The summed E-state index contributed by atoms with van der Waals surface area (Å²) in [5, 5.41) is 14.9. The van der Waals surface area contributed by atoms with E-state index in [9.17, 15) is 13.2 Å². The quantitative estimate of drug-likeness (QED) is 0.840. The topological polar surface area (TPSA) is 114 Å².